The smallest absolute Gasteiger partial charge is 0.303 e. The van der Waals surface area contributed by atoms with E-state index in [2.05, 4.69) is 5.32 Å². The summed E-state index contributed by atoms with van der Waals surface area (Å²) in [4.78, 5) is 32.8. The molecule has 0 spiro atoms. The lowest BCUT2D eigenvalue weighted by Gasteiger charge is -2.11. The third-order valence-corrected chi connectivity index (χ3v) is 2.81. The van der Waals surface area contributed by atoms with Gasteiger partial charge in [-0.15, -0.1) is 0 Å². The fraction of sp³-hybridized carbons (Fsp3) is 0.385. The van der Waals surface area contributed by atoms with Crippen LogP contribution in [0, 0.1) is 23.0 Å². The predicted octanol–water partition coefficient (Wildman–Crippen LogP) is 1.74. The standard InChI is InChI=1S/C13H16N2O5/c1-8(6-11(16)17)7-14-13(18)12-9(2)4-3-5-10(12)15(19)20/h3-5,8H,6-7H2,1-2H3,(H,14,18)(H,16,17). The Morgan fingerprint density at radius 1 is 1.45 bits per heavy atom. The summed E-state index contributed by atoms with van der Waals surface area (Å²) in [5.74, 6) is -1.76. The zero-order valence-electron chi connectivity index (χ0n) is 11.3. The molecule has 20 heavy (non-hydrogen) atoms. The zero-order valence-corrected chi connectivity index (χ0v) is 11.3. The first-order valence-corrected chi connectivity index (χ1v) is 6.07. The molecule has 0 bridgehead atoms. The number of aryl methyl sites for hydroxylation is 1. The van der Waals surface area contributed by atoms with E-state index in [1.807, 2.05) is 0 Å². The first kappa shape index (κ1) is 15.6. The zero-order chi connectivity index (χ0) is 15.3. The normalized spacial score (nSPS) is 11.7. The fourth-order valence-corrected chi connectivity index (χ4v) is 1.83. The molecule has 1 atom stereocenters. The van der Waals surface area contributed by atoms with Crippen molar-refractivity contribution in [3.8, 4) is 0 Å². The number of carbonyl (C=O) groups is 2. The van der Waals surface area contributed by atoms with Crippen molar-refractivity contribution in [1.82, 2.24) is 5.32 Å². The second-order valence-electron chi connectivity index (χ2n) is 4.64. The molecule has 0 heterocycles. The Balaban J connectivity index is 2.83. The topological polar surface area (TPSA) is 110 Å². The van der Waals surface area contributed by atoms with Crippen LogP contribution in [-0.2, 0) is 4.79 Å². The third-order valence-electron chi connectivity index (χ3n) is 2.81. The maximum Gasteiger partial charge on any atom is 0.303 e. The van der Waals surface area contributed by atoms with Crippen LogP contribution in [0.4, 0.5) is 5.69 Å². The highest BCUT2D eigenvalue weighted by Crippen LogP contribution is 2.21. The Morgan fingerprint density at radius 3 is 2.65 bits per heavy atom. The Labute approximate surface area is 115 Å². The maximum absolute atomic E-state index is 12.0. The predicted molar refractivity (Wildman–Crippen MR) is 71.6 cm³/mol. The average Bonchev–Trinajstić information content (AvgIpc) is 2.34. The molecule has 1 amide bonds. The second-order valence-corrected chi connectivity index (χ2v) is 4.64. The van der Waals surface area contributed by atoms with Crippen LogP contribution in [0.1, 0.15) is 29.3 Å². The van der Waals surface area contributed by atoms with Crippen molar-refractivity contribution in [2.24, 2.45) is 5.92 Å². The van der Waals surface area contributed by atoms with Gasteiger partial charge in [0, 0.05) is 19.0 Å². The number of aliphatic carboxylic acids is 1. The van der Waals surface area contributed by atoms with Crippen LogP contribution < -0.4 is 5.32 Å². The SMILES string of the molecule is Cc1cccc([N+](=O)[O-])c1C(=O)NCC(C)CC(=O)O. The van der Waals surface area contributed by atoms with E-state index in [0.717, 1.165) is 0 Å². The molecule has 0 aliphatic heterocycles. The second kappa shape index (κ2) is 6.65. The summed E-state index contributed by atoms with van der Waals surface area (Å²) < 4.78 is 0. The molecule has 0 saturated heterocycles. The minimum Gasteiger partial charge on any atom is -0.481 e. The van der Waals surface area contributed by atoms with Crippen LogP contribution in [0.15, 0.2) is 18.2 Å². The van der Waals surface area contributed by atoms with Gasteiger partial charge in [0.2, 0.25) is 0 Å². The van der Waals surface area contributed by atoms with Gasteiger partial charge in [0.15, 0.2) is 0 Å². The molecule has 108 valence electrons. The number of benzene rings is 1. The summed E-state index contributed by atoms with van der Waals surface area (Å²) in [6.45, 7) is 3.44. The summed E-state index contributed by atoms with van der Waals surface area (Å²) >= 11 is 0. The van der Waals surface area contributed by atoms with Crippen LogP contribution in [0.3, 0.4) is 0 Å². The number of nitrogens with one attached hydrogen (secondary N) is 1. The number of hydrogen-bond donors (Lipinski definition) is 2. The van der Waals surface area contributed by atoms with Crippen LogP contribution in [0.25, 0.3) is 0 Å². The Kier molecular flexibility index (Phi) is 5.19. The van der Waals surface area contributed by atoms with Crippen molar-refractivity contribution in [3.05, 3.63) is 39.4 Å². The third kappa shape index (κ3) is 4.04. The molecule has 0 radical (unpaired) electrons. The van der Waals surface area contributed by atoms with Gasteiger partial charge in [-0.25, -0.2) is 0 Å². The first-order chi connectivity index (χ1) is 9.32. The van der Waals surface area contributed by atoms with Crippen molar-refractivity contribution in [3.63, 3.8) is 0 Å². The number of hydrogen-bond acceptors (Lipinski definition) is 4. The maximum atomic E-state index is 12.0. The number of nitro groups is 1. The molecule has 0 aliphatic rings. The van der Waals surface area contributed by atoms with E-state index in [1.165, 1.54) is 12.1 Å². The van der Waals surface area contributed by atoms with Crippen molar-refractivity contribution < 1.29 is 19.6 Å². The number of nitrogens with zero attached hydrogens (tertiary/aromatic N) is 1. The molecule has 2 N–H and O–H groups in total. The number of carbonyl (C=O) groups excluding carboxylic acids is 1. The van der Waals surface area contributed by atoms with Gasteiger partial charge in [0.1, 0.15) is 5.56 Å². The molecule has 1 aromatic rings. The monoisotopic (exact) mass is 280 g/mol. The molecule has 0 aliphatic carbocycles. The number of nitro benzene ring substituents is 1. The van der Waals surface area contributed by atoms with E-state index < -0.39 is 16.8 Å². The molecule has 0 fully saturated rings. The number of carboxylic acid groups (broad SMARTS) is 1. The van der Waals surface area contributed by atoms with E-state index >= 15 is 0 Å². The number of carboxylic acids is 1. The van der Waals surface area contributed by atoms with Gasteiger partial charge in [-0.05, 0) is 18.4 Å². The van der Waals surface area contributed by atoms with Gasteiger partial charge in [-0.2, -0.15) is 0 Å². The highest BCUT2D eigenvalue weighted by Gasteiger charge is 2.22. The van der Waals surface area contributed by atoms with Gasteiger partial charge in [0.25, 0.3) is 11.6 Å². The van der Waals surface area contributed by atoms with Crippen LogP contribution in [-0.4, -0.2) is 28.5 Å². The van der Waals surface area contributed by atoms with Gasteiger partial charge >= 0.3 is 5.97 Å². The van der Waals surface area contributed by atoms with Gasteiger partial charge in [-0.1, -0.05) is 19.1 Å². The lowest BCUT2D eigenvalue weighted by molar-refractivity contribution is -0.385. The molecular formula is C13H16N2O5. The summed E-state index contributed by atoms with van der Waals surface area (Å²) in [5.41, 5.74) is 0.260. The Hall–Kier alpha value is -2.44. The van der Waals surface area contributed by atoms with E-state index in [0.29, 0.717) is 5.56 Å². The highest BCUT2D eigenvalue weighted by atomic mass is 16.6. The van der Waals surface area contributed by atoms with Gasteiger partial charge < -0.3 is 10.4 Å². The van der Waals surface area contributed by atoms with E-state index in [-0.39, 0.29) is 30.1 Å². The van der Waals surface area contributed by atoms with Crippen molar-refractivity contribution in [1.29, 1.82) is 0 Å². The molecule has 7 heteroatoms. The van der Waals surface area contributed by atoms with Crippen LogP contribution >= 0.6 is 0 Å². The quantitative estimate of drug-likeness (QED) is 0.609. The van der Waals surface area contributed by atoms with Gasteiger partial charge in [0.05, 0.1) is 4.92 Å². The molecule has 7 nitrogen and oxygen atoms in total. The largest absolute Gasteiger partial charge is 0.481 e. The molecule has 1 aromatic carbocycles. The first-order valence-electron chi connectivity index (χ1n) is 6.07. The van der Waals surface area contributed by atoms with Crippen molar-refractivity contribution in [2.75, 3.05) is 6.54 Å². The summed E-state index contributed by atoms with van der Waals surface area (Å²) in [5, 5.41) is 22.1. The van der Waals surface area contributed by atoms with Crippen LogP contribution in [0.2, 0.25) is 0 Å². The summed E-state index contributed by atoms with van der Waals surface area (Å²) in [6, 6.07) is 4.39. The molecular weight excluding hydrogens is 264 g/mol. The summed E-state index contributed by atoms with van der Waals surface area (Å²) in [7, 11) is 0. The van der Waals surface area contributed by atoms with Crippen LogP contribution in [0.5, 0.6) is 0 Å². The number of rotatable bonds is 6. The summed E-state index contributed by atoms with van der Waals surface area (Å²) in [6.07, 6.45) is -0.0733. The average molecular weight is 280 g/mol. The molecule has 1 rings (SSSR count). The minimum atomic E-state index is -0.950. The van der Waals surface area contributed by atoms with Crippen molar-refractivity contribution >= 4 is 17.6 Å². The molecule has 0 aromatic heterocycles. The Bertz CT molecular complexity index is 542. The van der Waals surface area contributed by atoms with Crippen molar-refractivity contribution in [2.45, 2.75) is 20.3 Å². The fourth-order valence-electron chi connectivity index (χ4n) is 1.83. The van der Waals surface area contributed by atoms with Gasteiger partial charge in [-0.3, -0.25) is 19.7 Å². The Morgan fingerprint density at radius 2 is 2.10 bits per heavy atom. The lowest BCUT2D eigenvalue weighted by atomic mass is 10.0. The number of amides is 1. The molecule has 0 saturated carbocycles. The van der Waals surface area contributed by atoms with E-state index in [1.54, 1.807) is 19.9 Å². The van der Waals surface area contributed by atoms with E-state index in [9.17, 15) is 19.7 Å². The minimum absolute atomic E-state index is 0.0139. The lowest BCUT2D eigenvalue weighted by Crippen LogP contribution is -2.30. The van der Waals surface area contributed by atoms with E-state index in [4.69, 9.17) is 5.11 Å². The highest BCUT2D eigenvalue weighted by molar-refractivity contribution is 5.99. The molecule has 1 unspecified atom stereocenters.